The third-order valence-corrected chi connectivity index (χ3v) is 4.67. The molecule has 0 aliphatic carbocycles. The lowest BCUT2D eigenvalue weighted by Gasteiger charge is -2.07. The Bertz CT molecular complexity index is 932. The van der Waals surface area contributed by atoms with Gasteiger partial charge < -0.3 is 15.1 Å². The number of non-ortho nitro benzene ring substituents is 1. The van der Waals surface area contributed by atoms with Gasteiger partial charge in [-0.1, -0.05) is 27.5 Å². The molecule has 0 aliphatic heterocycles. The summed E-state index contributed by atoms with van der Waals surface area (Å²) in [5.41, 5.74) is 1.77. The highest BCUT2D eigenvalue weighted by atomic mass is 79.9. The Morgan fingerprint density at radius 2 is 1.82 bits per heavy atom. The number of hydrogen-bond acceptors (Lipinski definition) is 5. The van der Waals surface area contributed by atoms with Crippen molar-refractivity contribution in [1.29, 1.82) is 0 Å². The topological polar surface area (TPSA) is 80.3 Å². The molecular weight excluding hydrogens is 469 g/mol. The summed E-state index contributed by atoms with van der Waals surface area (Å²) in [5.74, 6) is 1.55. The first-order valence-corrected chi connectivity index (χ1v) is 9.43. The van der Waals surface area contributed by atoms with Crippen LogP contribution in [0, 0.1) is 10.1 Å². The number of nitro groups is 1. The van der Waals surface area contributed by atoms with Crippen molar-refractivity contribution in [1.82, 2.24) is 5.32 Å². The van der Waals surface area contributed by atoms with Gasteiger partial charge in [0.25, 0.3) is 5.69 Å². The number of halogens is 3. The Balaban J connectivity index is 0.00000280. The zero-order valence-electron chi connectivity index (χ0n) is 14.7. The summed E-state index contributed by atoms with van der Waals surface area (Å²) in [6.45, 7) is 1.99. The van der Waals surface area contributed by atoms with Crippen LogP contribution in [0.1, 0.15) is 5.76 Å². The van der Waals surface area contributed by atoms with E-state index < -0.39 is 4.92 Å². The van der Waals surface area contributed by atoms with E-state index in [1.807, 2.05) is 30.3 Å². The fourth-order valence-corrected chi connectivity index (χ4v) is 3.28. The Morgan fingerprint density at radius 1 is 1.07 bits per heavy atom. The van der Waals surface area contributed by atoms with Crippen LogP contribution in [0.15, 0.2) is 63.5 Å². The third-order valence-electron chi connectivity index (χ3n) is 3.87. The molecule has 0 saturated heterocycles. The van der Waals surface area contributed by atoms with Gasteiger partial charge in [0.2, 0.25) is 0 Å². The van der Waals surface area contributed by atoms with Gasteiger partial charge in [0.1, 0.15) is 11.5 Å². The number of rotatable bonds is 8. The second-order valence-electron chi connectivity index (χ2n) is 5.80. The minimum Gasteiger partial charge on any atom is -0.460 e. The zero-order chi connectivity index (χ0) is 19.2. The molecule has 28 heavy (non-hydrogen) atoms. The summed E-state index contributed by atoms with van der Waals surface area (Å²) < 4.78 is 6.77. The van der Waals surface area contributed by atoms with Crippen molar-refractivity contribution in [3.63, 3.8) is 0 Å². The summed E-state index contributed by atoms with van der Waals surface area (Å²) in [6.07, 6.45) is 0. The largest absolute Gasteiger partial charge is 0.460 e. The minimum absolute atomic E-state index is 0. The molecule has 0 bridgehead atoms. The molecule has 2 aromatic carbocycles. The van der Waals surface area contributed by atoms with Crippen LogP contribution in [-0.4, -0.2) is 18.0 Å². The molecule has 0 saturated carbocycles. The molecule has 0 spiro atoms. The maximum Gasteiger partial charge on any atom is 0.269 e. The van der Waals surface area contributed by atoms with Gasteiger partial charge in [0.05, 0.1) is 16.5 Å². The standard InChI is InChI=1S/C19H17BrClN3O3.ClH/c20-13-1-7-17(18(21)11-13)19-8-6-16(27-19)12-22-9-10-23-14-2-4-15(5-3-14)24(25)26;/h1-8,11,22-23H,9-10,12H2;1H. The van der Waals surface area contributed by atoms with Crippen LogP contribution in [0.4, 0.5) is 11.4 Å². The van der Waals surface area contributed by atoms with Crippen molar-refractivity contribution in [2.45, 2.75) is 6.54 Å². The summed E-state index contributed by atoms with van der Waals surface area (Å²) in [7, 11) is 0. The Kier molecular flexibility index (Phi) is 8.32. The predicted molar refractivity (Wildman–Crippen MR) is 117 cm³/mol. The predicted octanol–water partition coefficient (Wildman–Crippen LogP) is 5.89. The lowest BCUT2D eigenvalue weighted by molar-refractivity contribution is -0.384. The van der Waals surface area contributed by atoms with Gasteiger partial charge in [0, 0.05) is 40.9 Å². The molecule has 0 fully saturated rings. The fraction of sp³-hybridized carbons (Fsp3) is 0.158. The minimum atomic E-state index is -0.412. The Morgan fingerprint density at radius 3 is 2.50 bits per heavy atom. The molecule has 0 atom stereocenters. The Hall–Kier alpha value is -2.06. The van der Waals surface area contributed by atoms with Crippen molar-refractivity contribution in [2.24, 2.45) is 0 Å². The molecule has 0 amide bonds. The molecule has 1 aromatic heterocycles. The van der Waals surface area contributed by atoms with Crippen molar-refractivity contribution in [2.75, 3.05) is 18.4 Å². The first kappa shape index (κ1) is 22.2. The van der Waals surface area contributed by atoms with Gasteiger partial charge >= 0.3 is 0 Å². The van der Waals surface area contributed by atoms with Gasteiger partial charge in [-0.15, -0.1) is 12.4 Å². The molecule has 0 aliphatic rings. The first-order chi connectivity index (χ1) is 13.0. The molecule has 2 N–H and O–H groups in total. The summed E-state index contributed by atoms with van der Waals surface area (Å²) in [5, 5.41) is 17.7. The average molecular weight is 487 g/mol. The van der Waals surface area contributed by atoms with Crippen LogP contribution >= 0.6 is 39.9 Å². The monoisotopic (exact) mass is 485 g/mol. The number of nitro benzene ring substituents is 1. The van der Waals surface area contributed by atoms with E-state index in [-0.39, 0.29) is 18.1 Å². The molecule has 9 heteroatoms. The van der Waals surface area contributed by atoms with Gasteiger partial charge in [-0.3, -0.25) is 10.1 Å². The second kappa shape index (κ2) is 10.5. The molecular formula is C19H18BrCl2N3O3. The molecule has 0 radical (unpaired) electrons. The summed E-state index contributed by atoms with van der Waals surface area (Å²) >= 11 is 9.64. The fourth-order valence-electron chi connectivity index (χ4n) is 2.51. The van der Waals surface area contributed by atoms with E-state index in [1.165, 1.54) is 12.1 Å². The van der Waals surface area contributed by atoms with E-state index in [2.05, 4.69) is 26.6 Å². The van der Waals surface area contributed by atoms with Crippen molar-refractivity contribution in [3.05, 3.63) is 80.0 Å². The Labute approximate surface area is 182 Å². The van der Waals surface area contributed by atoms with E-state index in [1.54, 1.807) is 12.1 Å². The molecule has 3 rings (SSSR count). The summed E-state index contributed by atoms with van der Waals surface area (Å²) in [4.78, 5) is 10.2. The van der Waals surface area contributed by atoms with E-state index in [0.717, 1.165) is 27.2 Å². The number of benzene rings is 2. The maximum absolute atomic E-state index is 10.6. The lowest BCUT2D eigenvalue weighted by Crippen LogP contribution is -2.21. The number of anilines is 1. The van der Waals surface area contributed by atoms with E-state index >= 15 is 0 Å². The SMILES string of the molecule is Cl.O=[N+]([O-])c1ccc(NCCNCc2ccc(-c3ccc(Br)cc3Cl)o2)cc1. The highest BCUT2D eigenvalue weighted by Gasteiger charge is 2.09. The highest BCUT2D eigenvalue weighted by Crippen LogP contribution is 2.31. The van der Waals surface area contributed by atoms with Crippen LogP contribution in [0.3, 0.4) is 0 Å². The zero-order valence-corrected chi connectivity index (χ0v) is 17.8. The van der Waals surface area contributed by atoms with Crippen molar-refractivity contribution >= 4 is 51.3 Å². The quantitative estimate of drug-likeness (QED) is 0.235. The van der Waals surface area contributed by atoms with Gasteiger partial charge in [-0.2, -0.15) is 0 Å². The van der Waals surface area contributed by atoms with Crippen molar-refractivity contribution < 1.29 is 9.34 Å². The van der Waals surface area contributed by atoms with Crippen LogP contribution < -0.4 is 10.6 Å². The van der Waals surface area contributed by atoms with E-state index in [4.69, 9.17) is 16.0 Å². The smallest absolute Gasteiger partial charge is 0.269 e. The molecule has 1 heterocycles. The van der Waals surface area contributed by atoms with E-state index in [9.17, 15) is 10.1 Å². The first-order valence-electron chi connectivity index (χ1n) is 8.26. The lowest BCUT2D eigenvalue weighted by atomic mass is 10.2. The van der Waals surface area contributed by atoms with Gasteiger partial charge in [-0.05, 0) is 42.5 Å². The highest BCUT2D eigenvalue weighted by molar-refractivity contribution is 9.10. The molecule has 6 nitrogen and oxygen atoms in total. The molecule has 3 aromatic rings. The number of nitrogens with one attached hydrogen (secondary N) is 2. The van der Waals surface area contributed by atoms with Gasteiger partial charge in [-0.25, -0.2) is 0 Å². The van der Waals surface area contributed by atoms with Crippen LogP contribution in [0.25, 0.3) is 11.3 Å². The number of furan rings is 1. The summed E-state index contributed by atoms with van der Waals surface area (Å²) in [6, 6.07) is 15.8. The normalized spacial score (nSPS) is 10.4. The van der Waals surface area contributed by atoms with Crippen LogP contribution in [-0.2, 0) is 6.54 Å². The third kappa shape index (κ3) is 5.97. The van der Waals surface area contributed by atoms with Crippen molar-refractivity contribution in [3.8, 4) is 11.3 Å². The second-order valence-corrected chi connectivity index (χ2v) is 7.12. The van der Waals surface area contributed by atoms with Gasteiger partial charge in [0.15, 0.2) is 0 Å². The number of hydrogen-bond donors (Lipinski definition) is 2. The molecule has 148 valence electrons. The maximum atomic E-state index is 10.6. The molecule has 0 unspecified atom stereocenters. The number of nitrogens with zero attached hydrogens (tertiary/aromatic N) is 1. The van der Waals surface area contributed by atoms with Crippen LogP contribution in [0.2, 0.25) is 5.02 Å². The average Bonchev–Trinajstić information content (AvgIpc) is 3.10. The van der Waals surface area contributed by atoms with E-state index in [0.29, 0.717) is 24.7 Å². The van der Waals surface area contributed by atoms with Crippen LogP contribution in [0.5, 0.6) is 0 Å².